The summed E-state index contributed by atoms with van der Waals surface area (Å²) in [5, 5.41) is 12.0. The molecule has 1 heterocycles. The van der Waals surface area contributed by atoms with Crippen molar-refractivity contribution in [2.24, 2.45) is 34.0 Å². The summed E-state index contributed by atoms with van der Waals surface area (Å²) in [6.45, 7) is 12.4. The number of rotatable bonds is 5. The Morgan fingerprint density at radius 2 is 2.09 bits per heavy atom. The molecule has 3 saturated carbocycles. The topological polar surface area (TPSA) is 102 Å². The quantitative estimate of drug-likeness (QED) is 0.352. The summed E-state index contributed by atoms with van der Waals surface area (Å²) in [5.74, 6) is -0.261. The number of carbonyl (C=O) groups excluding carboxylic acids is 2. The number of aliphatic hydroxyl groups is 1. The number of aliphatic hydroxyl groups excluding tert-OH is 1. The number of halogens is 1. The van der Waals surface area contributed by atoms with Crippen LogP contribution in [0.4, 0.5) is 0 Å². The molecule has 0 saturated heterocycles. The number of hydrogen-bond acceptors (Lipinski definition) is 8. The second kappa shape index (κ2) is 9.17. The van der Waals surface area contributed by atoms with Crippen LogP contribution >= 0.6 is 23.4 Å². The van der Waals surface area contributed by atoms with E-state index >= 15 is 0 Å². The van der Waals surface area contributed by atoms with Crippen LogP contribution in [-0.4, -0.2) is 49.8 Å². The minimum Gasteiger partial charge on any atom is -0.461 e. The average molecular weight is 508 g/mol. The van der Waals surface area contributed by atoms with Crippen molar-refractivity contribution in [3.8, 4) is 0 Å². The summed E-state index contributed by atoms with van der Waals surface area (Å²) in [6, 6.07) is 0. The van der Waals surface area contributed by atoms with Gasteiger partial charge >= 0.3 is 5.97 Å². The van der Waals surface area contributed by atoms with Gasteiger partial charge < -0.3 is 9.84 Å². The molecule has 1 N–H and O–H groups in total. The lowest BCUT2D eigenvalue weighted by Crippen LogP contribution is -2.63. The van der Waals surface area contributed by atoms with Gasteiger partial charge in [-0.3, -0.25) is 9.59 Å². The predicted octanol–water partition coefficient (Wildman–Crippen LogP) is 4.52. The average Bonchev–Trinajstić information content (AvgIpc) is 3.16. The van der Waals surface area contributed by atoms with Crippen LogP contribution in [0.25, 0.3) is 0 Å². The maximum Gasteiger partial charge on any atom is 0.316 e. The van der Waals surface area contributed by atoms with E-state index in [0.717, 1.165) is 31.0 Å². The highest BCUT2D eigenvalue weighted by Crippen LogP contribution is 2.68. The molecule has 7 nitrogen and oxygen atoms in total. The molecule has 0 amide bonds. The summed E-state index contributed by atoms with van der Waals surface area (Å²) >= 11 is 6.95. The molecule has 34 heavy (non-hydrogen) atoms. The summed E-state index contributed by atoms with van der Waals surface area (Å²) < 4.78 is 6.20. The van der Waals surface area contributed by atoms with Gasteiger partial charge in [0.05, 0.1) is 11.9 Å². The van der Waals surface area contributed by atoms with Crippen molar-refractivity contribution in [3.05, 3.63) is 24.3 Å². The van der Waals surface area contributed by atoms with Crippen molar-refractivity contribution in [1.29, 1.82) is 0 Å². The van der Waals surface area contributed by atoms with E-state index in [4.69, 9.17) is 16.3 Å². The van der Waals surface area contributed by atoms with Gasteiger partial charge in [0, 0.05) is 23.2 Å². The minimum absolute atomic E-state index is 0.00875. The number of ether oxygens (including phenoxy) is 1. The van der Waals surface area contributed by atoms with Gasteiger partial charge in [-0.15, -0.1) is 6.58 Å². The molecule has 1 aromatic heterocycles. The number of aromatic nitrogens is 3. The van der Waals surface area contributed by atoms with Gasteiger partial charge in [0.25, 0.3) is 0 Å². The Morgan fingerprint density at radius 1 is 1.35 bits per heavy atom. The molecule has 2 bridgehead atoms. The van der Waals surface area contributed by atoms with Crippen molar-refractivity contribution < 1.29 is 19.4 Å². The van der Waals surface area contributed by atoms with Gasteiger partial charge in [0.1, 0.15) is 18.2 Å². The number of esters is 1. The largest absolute Gasteiger partial charge is 0.461 e. The van der Waals surface area contributed by atoms with Crippen LogP contribution in [0.15, 0.2) is 24.1 Å². The molecule has 4 rings (SSSR count). The summed E-state index contributed by atoms with van der Waals surface area (Å²) in [6.07, 6.45) is 5.44. The Kier molecular flexibility index (Phi) is 6.90. The number of nitrogens with zero attached hydrogens (tertiary/aromatic N) is 3. The number of hydrogen-bond donors (Lipinski definition) is 1. The van der Waals surface area contributed by atoms with Crippen molar-refractivity contribution in [2.45, 2.75) is 77.2 Å². The first kappa shape index (κ1) is 25.6. The van der Waals surface area contributed by atoms with Crippen LogP contribution in [0.3, 0.4) is 0 Å². The molecule has 0 unspecified atom stereocenters. The van der Waals surface area contributed by atoms with E-state index in [1.807, 2.05) is 6.92 Å². The molecule has 1 aromatic rings. The normalized spacial score (nSPS) is 41.8. The number of carbonyl (C=O) groups is 2. The Balaban J connectivity index is 1.68. The molecule has 186 valence electrons. The highest BCUT2D eigenvalue weighted by Gasteiger charge is 2.68. The third kappa shape index (κ3) is 3.99. The first-order valence-electron chi connectivity index (χ1n) is 12.0. The zero-order chi connectivity index (χ0) is 24.9. The third-order valence-electron chi connectivity index (χ3n) is 9.41. The first-order chi connectivity index (χ1) is 16.0. The molecular weight excluding hydrogens is 474 g/mol. The molecule has 0 radical (unpaired) electrons. The Labute approximate surface area is 210 Å². The molecule has 0 aromatic carbocycles. The number of thioether (sulfide) groups is 1. The summed E-state index contributed by atoms with van der Waals surface area (Å²) in [5.41, 5.74) is -1.47. The van der Waals surface area contributed by atoms with Crippen molar-refractivity contribution in [3.63, 3.8) is 0 Å². The maximum atomic E-state index is 13.4. The SMILES string of the molecule is C=C[C@]1(C)C[C@@H](OC(=O)CSc2ncnc(Cl)n2)[C@]2(C)[C@H](C)CC[C@]3(CCC(=O)[C@H]32)[C@@H](C)[C@@H]1O. The third-order valence-corrected chi connectivity index (χ3v) is 10.4. The lowest BCUT2D eigenvalue weighted by molar-refractivity contribution is -0.205. The zero-order valence-corrected chi connectivity index (χ0v) is 21.9. The standard InChI is InChI=1S/C25H34ClN3O4S/c1-6-23(4)11-17(33-18(31)12-34-22-28-13-27-21(26)29-22)24(5)14(2)7-9-25(15(3)20(23)32)10-8-16(30)19(24)25/h6,13-15,17,19-20,32H,1,7-12H2,2-5H3/t14-,15+,17-,19+,20+,23-,24+,25+/m1/s1. The van der Waals surface area contributed by atoms with Crippen molar-refractivity contribution >= 4 is 35.1 Å². The lowest BCUT2D eigenvalue weighted by atomic mass is 9.44. The van der Waals surface area contributed by atoms with Crippen molar-refractivity contribution in [2.75, 3.05) is 5.75 Å². The van der Waals surface area contributed by atoms with E-state index < -0.39 is 29.0 Å². The van der Waals surface area contributed by atoms with Crippen LogP contribution in [0.5, 0.6) is 0 Å². The minimum atomic E-state index is -0.681. The van der Waals surface area contributed by atoms with E-state index in [1.54, 1.807) is 6.08 Å². The maximum absolute atomic E-state index is 13.4. The van der Waals surface area contributed by atoms with E-state index in [9.17, 15) is 14.7 Å². The molecular formula is C25H34ClN3O4S. The summed E-state index contributed by atoms with van der Waals surface area (Å²) in [4.78, 5) is 38.3. The molecule has 3 aliphatic rings. The molecule has 3 aliphatic carbocycles. The van der Waals surface area contributed by atoms with Gasteiger partial charge in [-0.05, 0) is 54.5 Å². The first-order valence-corrected chi connectivity index (χ1v) is 13.4. The molecule has 0 spiro atoms. The lowest BCUT2D eigenvalue weighted by Gasteiger charge is -2.61. The van der Waals surface area contributed by atoms with Gasteiger partial charge in [0.2, 0.25) is 5.28 Å². The molecule has 8 atom stereocenters. The highest BCUT2D eigenvalue weighted by atomic mass is 35.5. The summed E-state index contributed by atoms with van der Waals surface area (Å²) in [7, 11) is 0. The number of Topliss-reactive ketones (excluding diaryl/α,β-unsaturated/α-hetero) is 1. The molecule has 9 heteroatoms. The zero-order valence-electron chi connectivity index (χ0n) is 20.3. The fourth-order valence-electron chi connectivity index (χ4n) is 7.15. The van der Waals surface area contributed by atoms with Gasteiger partial charge in [-0.1, -0.05) is 45.5 Å². The number of ketones is 1. The van der Waals surface area contributed by atoms with Gasteiger partial charge in [-0.25, -0.2) is 9.97 Å². The van der Waals surface area contributed by atoms with Crippen LogP contribution in [0, 0.1) is 34.0 Å². The van der Waals surface area contributed by atoms with Crippen LogP contribution in [0.1, 0.15) is 59.8 Å². The Hall–Kier alpha value is -1.51. The van der Waals surface area contributed by atoms with E-state index in [1.165, 1.54) is 6.33 Å². The Morgan fingerprint density at radius 3 is 2.76 bits per heavy atom. The fraction of sp³-hybridized carbons (Fsp3) is 0.720. The molecule has 0 aliphatic heterocycles. The monoisotopic (exact) mass is 507 g/mol. The van der Waals surface area contributed by atoms with Crippen LogP contribution in [-0.2, 0) is 14.3 Å². The van der Waals surface area contributed by atoms with E-state index in [0.29, 0.717) is 18.0 Å². The Bertz CT molecular complexity index is 995. The van der Waals surface area contributed by atoms with Crippen LogP contribution < -0.4 is 0 Å². The van der Waals surface area contributed by atoms with Gasteiger partial charge in [-0.2, -0.15) is 4.98 Å². The van der Waals surface area contributed by atoms with E-state index in [2.05, 4.69) is 42.3 Å². The van der Waals surface area contributed by atoms with Crippen molar-refractivity contribution in [1.82, 2.24) is 15.0 Å². The second-order valence-electron chi connectivity index (χ2n) is 10.9. The van der Waals surface area contributed by atoms with E-state index in [-0.39, 0.29) is 40.0 Å². The second-order valence-corrected chi connectivity index (χ2v) is 12.2. The molecule has 3 fully saturated rings. The van der Waals surface area contributed by atoms with Crippen LogP contribution in [0.2, 0.25) is 5.28 Å². The highest BCUT2D eigenvalue weighted by molar-refractivity contribution is 7.99. The predicted molar refractivity (Wildman–Crippen MR) is 130 cm³/mol. The smallest absolute Gasteiger partial charge is 0.316 e. The fourth-order valence-corrected chi connectivity index (χ4v) is 7.91. The van der Waals surface area contributed by atoms with Gasteiger partial charge in [0.15, 0.2) is 5.16 Å².